The molecule has 0 saturated carbocycles. The molecule has 1 amide bonds. The Morgan fingerprint density at radius 1 is 1.57 bits per heavy atom. The Labute approximate surface area is 127 Å². The maximum atomic E-state index is 12.3. The first-order valence-electron chi connectivity index (χ1n) is 8.10. The number of rotatable bonds is 6. The highest BCUT2D eigenvalue weighted by molar-refractivity contribution is 5.79. The molecule has 2 unspecified atom stereocenters. The molecule has 21 heavy (non-hydrogen) atoms. The normalized spacial score (nSPS) is 21.0. The standard InChI is InChI=1S/C17H27N3O/c1-3-6-14(2)19-17(21)16-8-5-10-20(13-16)12-15-7-4-9-18-11-15/h4,7,9,11,14,16H,3,5-6,8,10,12-13H2,1-2H3,(H,19,21). The van der Waals surface area contributed by atoms with E-state index in [0.717, 1.165) is 45.3 Å². The summed E-state index contributed by atoms with van der Waals surface area (Å²) in [4.78, 5) is 18.9. The number of hydrogen-bond donors (Lipinski definition) is 1. The number of nitrogens with zero attached hydrogens (tertiary/aromatic N) is 2. The first-order chi connectivity index (χ1) is 10.2. The summed E-state index contributed by atoms with van der Waals surface area (Å²) in [6.07, 6.45) is 7.98. The molecule has 4 heteroatoms. The van der Waals surface area contributed by atoms with Crippen molar-refractivity contribution in [2.45, 2.75) is 52.1 Å². The van der Waals surface area contributed by atoms with Crippen LogP contribution >= 0.6 is 0 Å². The van der Waals surface area contributed by atoms with Gasteiger partial charge in [-0.3, -0.25) is 14.7 Å². The van der Waals surface area contributed by atoms with Crippen LogP contribution in [0.4, 0.5) is 0 Å². The molecule has 2 rings (SSSR count). The van der Waals surface area contributed by atoms with Crippen LogP contribution in [0.25, 0.3) is 0 Å². The van der Waals surface area contributed by atoms with Gasteiger partial charge in [0.2, 0.25) is 5.91 Å². The van der Waals surface area contributed by atoms with Gasteiger partial charge in [-0.1, -0.05) is 19.4 Å². The van der Waals surface area contributed by atoms with Gasteiger partial charge in [-0.2, -0.15) is 0 Å². The molecular weight excluding hydrogens is 262 g/mol. The zero-order valence-corrected chi connectivity index (χ0v) is 13.2. The molecule has 1 saturated heterocycles. The molecule has 0 spiro atoms. The molecule has 0 bridgehead atoms. The lowest BCUT2D eigenvalue weighted by Crippen LogP contribution is -2.45. The zero-order chi connectivity index (χ0) is 15.1. The lowest BCUT2D eigenvalue weighted by atomic mass is 9.96. The van der Waals surface area contributed by atoms with Gasteiger partial charge in [0.1, 0.15) is 0 Å². The summed E-state index contributed by atoms with van der Waals surface area (Å²) in [5, 5.41) is 3.16. The van der Waals surface area contributed by atoms with Crippen LogP contribution in [-0.2, 0) is 11.3 Å². The Morgan fingerprint density at radius 2 is 2.43 bits per heavy atom. The highest BCUT2D eigenvalue weighted by Gasteiger charge is 2.26. The van der Waals surface area contributed by atoms with E-state index in [4.69, 9.17) is 0 Å². The topological polar surface area (TPSA) is 45.2 Å². The van der Waals surface area contributed by atoms with Crippen molar-refractivity contribution in [3.63, 3.8) is 0 Å². The third-order valence-corrected chi connectivity index (χ3v) is 4.12. The quantitative estimate of drug-likeness (QED) is 0.875. The number of hydrogen-bond acceptors (Lipinski definition) is 3. The van der Waals surface area contributed by atoms with Gasteiger partial charge in [0.15, 0.2) is 0 Å². The van der Waals surface area contributed by atoms with Crippen LogP contribution in [0.15, 0.2) is 24.5 Å². The third-order valence-electron chi connectivity index (χ3n) is 4.12. The second-order valence-electron chi connectivity index (χ2n) is 6.13. The number of aromatic nitrogens is 1. The number of pyridine rings is 1. The molecule has 1 aromatic heterocycles. The van der Waals surface area contributed by atoms with Crippen molar-refractivity contribution >= 4 is 5.91 Å². The molecule has 1 aromatic rings. The third kappa shape index (κ3) is 5.12. The van der Waals surface area contributed by atoms with Crippen molar-refractivity contribution in [2.24, 2.45) is 5.92 Å². The highest BCUT2D eigenvalue weighted by atomic mass is 16.2. The number of piperidine rings is 1. The Hall–Kier alpha value is -1.42. The van der Waals surface area contributed by atoms with Crippen LogP contribution in [0.1, 0.15) is 45.1 Å². The molecule has 0 radical (unpaired) electrons. The first kappa shape index (κ1) is 16.0. The summed E-state index contributed by atoms with van der Waals surface area (Å²) in [5.41, 5.74) is 1.22. The minimum atomic E-state index is 0.134. The van der Waals surface area contributed by atoms with E-state index in [0.29, 0.717) is 0 Å². The Bertz CT molecular complexity index is 435. The summed E-state index contributed by atoms with van der Waals surface area (Å²) < 4.78 is 0. The van der Waals surface area contributed by atoms with Crippen molar-refractivity contribution in [3.8, 4) is 0 Å². The van der Waals surface area contributed by atoms with E-state index in [-0.39, 0.29) is 17.9 Å². The lowest BCUT2D eigenvalue weighted by molar-refractivity contribution is -0.127. The van der Waals surface area contributed by atoms with Crippen LogP contribution in [0, 0.1) is 5.92 Å². The van der Waals surface area contributed by atoms with E-state index in [1.54, 1.807) is 6.20 Å². The minimum absolute atomic E-state index is 0.134. The summed E-state index contributed by atoms with van der Waals surface area (Å²) in [6.45, 7) is 7.07. The van der Waals surface area contributed by atoms with E-state index in [2.05, 4.69) is 35.1 Å². The first-order valence-corrected chi connectivity index (χ1v) is 8.10. The predicted molar refractivity (Wildman–Crippen MR) is 84.8 cm³/mol. The second-order valence-corrected chi connectivity index (χ2v) is 6.13. The van der Waals surface area contributed by atoms with Gasteiger partial charge in [-0.15, -0.1) is 0 Å². The van der Waals surface area contributed by atoms with E-state index in [1.165, 1.54) is 5.56 Å². The highest BCUT2D eigenvalue weighted by Crippen LogP contribution is 2.19. The van der Waals surface area contributed by atoms with E-state index >= 15 is 0 Å². The molecule has 1 fully saturated rings. The maximum Gasteiger partial charge on any atom is 0.224 e. The smallest absolute Gasteiger partial charge is 0.224 e. The van der Waals surface area contributed by atoms with Crippen LogP contribution < -0.4 is 5.32 Å². The van der Waals surface area contributed by atoms with Gasteiger partial charge >= 0.3 is 0 Å². The molecule has 0 aromatic carbocycles. The fourth-order valence-electron chi connectivity index (χ4n) is 3.03. The van der Waals surface area contributed by atoms with Crippen molar-refractivity contribution in [1.29, 1.82) is 0 Å². The maximum absolute atomic E-state index is 12.3. The number of amides is 1. The summed E-state index contributed by atoms with van der Waals surface area (Å²) in [7, 11) is 0. The van der Waals surface area contributed by atoms with Gasteiger partial charge in [-0.25, -0.2) is 0 Å². The van der Waals surface area contributed by atoms with Crippen LogP contribution in [0.5, 0.6) is 0 Å². The van der Waals surface area contributed by atoms with Crippen LogP contribution in [0.3, 0.4) is 0 Å². The van der Waals surface area contributed by atoms with Gasteiger partial charge < -0.3 is 5.32 Å². The fraction of sp³-hybridized carbons (Fsp3) is 0.647. The van der Waals surface area contributed by atoms with Crippen molar-refractivity contribution in [1.82, 2.24) is 15.2 Å². The van der Waals surface area contributed by atoms with Crippen molar-refractivity contribution < 1.29 is 4.79 Å². The largest absolute Gasteiger partial charge is 0.353 e. The molecule has 0 aliphatic carbocycles. The monoisotopic (exact) mass is 289 g/mol. The number of likely N-dealkylation sites (tertiary alicyclic amines) is 1. The Balaban J connectivity index is 1.84. The average Bonchev–Trinajstić information content (AvgIpc) is 2.49. The summed E-state index contributed by atoms with van der Waals surface area (Å²) in [5.74, 6) is 0.363. The van der Waals surface area contributed by atoms with E-state index < -0.39 is 0 Å². The summed E-state index contributed by atoms with van der Waals surface area (Å²) >= 11 is 0. The number of carbonyl (C=O) groups is 1. The lowest BCUT2D eigenvalue weighted by Gasteiger charge is -2.32. The minimum Gasteiger partial charge on any atom is -0.353 e. The molecule has 1 aliphatic rings. The average molecular weight is 289 g/mol. The van der Waals surface area contributed by atoms with Crippen LogP contribution in [-0.4, -0.2) is 34.9 Å². The van der Waals surface area contributed by atoms with E-state index in [1.807, 2.05) is 12.3 Å². The summed E-state index contributed by atoms with van der Waals surface area (Å²) in [6, 6.07) is 4.35. The Morgan fingerprint density at radius 3 is 3.14 bits per heavy atom. The predicted octanol–water partition coefficient (Wildman–Crippen LogP) is 2.60. The van der Waals surface area contributed by atoms with Crippen molar-refractivity contribution in [3.05, 3.63) is 30.1 Å². The van der Waals surface area contributed by atoms with Crippen molar-refractivity contribution in [2.75, 3.05) is 13.1 Å². The van der Waals surface area contributed by atoms with E-state index in [9.17, 15) is 4.79 Å². The number of nitrogens with one attached hydrogen (secondary N) is 1. The molecule has 1 aliphatic heterocycles. The molecular formula is C17H27N3O. The molecule has 1 N–H and O–H groups in total. The fourth-order valence-corrected chi connectivity index (χ4v) is 3.03. The second kappa shape index (κ2) is 8.13. The Kier molecular flexibility index (Phi) is 6.18. The van der Waals surface area contributed by atoms with Gasteiger partial charge in [0.05, 0.1) is 5.92 Å². The van der Waals surface area contributed by atoms with Gasteiger partial charge in [-0.05, 0) is 44.4 Å². The van der Waals surface area contributed by atoms with Gasteiger partial charge in [0, 0.05) is 31.5 Å². The zero-order valence-electron chi connectivity index (χ0n) is 13.2. The number of carbonyl (C=O) groups excluding carboxylic acids is 1. The molecule has 2 heterocycles. The molecule has 2 atom stereocenters. The SMILES string of the molecule is CCCC(C)NC(=O)C1CCCN(Cc2cccnc2)C1. The van der Waals surface area contributed by atoms with Gasteiger partial charge in [0.25, 0.3) is 0 Å². The molecule has 4 nitrogen and oxygen atoms in total. The van der Waals surface area contributed by atoms with Crippen LogP contribution in [0.2, 0.25) is 0 Å². The molecule has 116 valence electrons.